The molecule has 110 valence electrons. The molecular weight excluding hydrogens is 276 g/mol. The van der Waals surface area contributed by atoms with Crippen molar-refractivity contribution >= 4 is 30.1 Å². The molecule has 0 bridgehead atoms. The third kappa shape index (κ3) is 5.97. The Morgan fingerprint density at radius 3 is 2.70 bits per heavy atom. The summed E-state index contributed by atoms with van der Waals surface area (Å²) in [5.74, 6) is 0.120. The van der Waals surface area contributed by atoms with Crippen LogP contribution in [-0.4, -0.2) is 29.1 Å². The number of hydrogen-bond donors (Lipinski definition) is 3. The van der Waals surface area contributed by atoms with E-state index in [-0.39, 0.29) is 12.3 Å². The first-order valence-electron chi connectivity index (χ1n) is 6.20. The highest BCUT2D eigenvalue weighted by molar-refractivity contribution is 7.80. The number of hydrogen-bond acceptors (Lipinski definition) is 5. The Bertz CT molecular complexity index is 522. The van der Waals surface area contributed by atoms with Crippen molar-refractivity contribution in [3.8, 4) is 5.75 Å². The van der Waals surface area contributed by atoms with Crippen molar-refractivity contribution in [2.75, 3.05) is 6.54 Å². The Hall–Kier alpha value is -1.69. The number of nitrogens with zero attached hydrogens (tertiary/aromatic N) is 1. The number of phenolic OH excluding ortho intramolecular Hbond substituents is 1. The quantitative estimate of drug-likeness (QED) is 0.592. The molecule has 0 spiro atoms. The minimum Gasteiger partial charge on any atom is -0.508 e. The van der Waals surface area contributed by atoms with E-state index in [4.69, 9.17) is 4.74 Å². The van der Waals surface area contributed by atoms with E-state index >= 15 is 0 Å². The summed E-state index contributed by atoms with van der Waals surface area (Å²) in [5.41, 5.74) is 0.701. The second kappa shape index (κ2) is 6.65. The van der Waals surface area contributed by atoms with E-state index in [1.54, 1.807) is 33.8 Å². The zero-order valence-corrected chi connectivity index (χ0v) is 13.0. The summed E-state index contributed by atoms with van der Waals surface area (Å²) in [6.45, 7) is 7.43. The van der Waals surface area contributed by atoms with Gasteiger partial charge in [-0.2, -0.15) is 0 Å². The number of aliphatic imine (C=N–C) groups is 1. The smallest absolute Gasteiger partial charge is 0.407 e. The van der Waals surface area contributed by atoms with Gasteiger partial charge in [0, 0.05) is 16.7 Å². The van der Waals surface area contributed by atoms with E-state index in [9.17, 15) is 9.90 Å². The number of thiol groups is 1. The molecule has 0 unspecified atom stereocenters. The number of rotatable bonds is 3. The fourth-order valence-corrected chi connectivity index (χ4v) is 1.55. The summed E-state index contributed by atoms with van der Waals surface area (Å²) < 4.78 is 5.12. The van der Waals surface area contributed by atoms with Crippen LogP contribution in [0.15, 0.2) is 28.1 Å². The maximum absolute atomic E-state index is 11.5. The molecule has 1 aromatic carbocycles. The molecule has 0 aliphatic rings. The number of amides is 1. The van der Waals surface area contributed by atoms with Gasteiger partial charge in [-0.1, -0.05) is 0 Å². The Kier molecular flexibility index (Phi) is 5.44. The van der Waals surface area contributed by atoms with Crippen molar-refractivity contribution in [2.24, 2.45) is 4.99 Å². The number of carbonyl (C=O) groups is 1. The van der Waals surface area contributed by atoms with Crippen LogP contribution in [-0.2, 0) is 4.74 Å². The molecular formula is C14H20N2O3S. The number of ether oxygens (including phenoxy) is 1. The Balaban J connectivity index is 2.62. The van der Waals surface area contributed by atoms with Crippen molar-refractivity contribution in [1.29, 1.82) is 0 Å². The van der Waals surface area contributed by atoms with Crippen molar-refractivity contribution in [3.05, 3.63) is 18.2 Å². The van der Waals surface area contributed by atoms with Crippen LogP contribution in [0.3, 0.4) is 0 Å². The molecule has 1 aromatic rings. The topological polar surface area (TPSA) is 70.9 Å². The molecule has 6 heteroatoms. The number of benzene rings is 1. The highest BCUT2D eigenvalue weighted by Gasteiger charge is 2.15. The van der Waals surface area contributed by atoms with E-state index in [0.717, 1.165) is 0 Å². The normalized spacial score (nSPS) is 12.2. The Labute approximate surface area is 124 Å². The zero-order chi connectivity index (χ0) is 15.3. The maximum Gasteiger partial charge on any atom is 0.407 e. The molecule has 0 aromatic heterocycles. The van der Waals surface area contributed by atoms with Gasteiger partial charge in [0.25, 0.3) is 0 Å². The Morgan fingerprint density at radius 2 is 2.10 bits per heavy atom. The summed E-state index contributed by atoms with van der Waals surface area (Å²) in [5, 5.41) is 12.0. The fraction of sp³-hybridized carbons (Fsp3) is 0.429. The zero-order valence-electron chi connectivity index (χ0n) is 12.1. The number of phenols is 1. The van der Waals surface area contributed by atoms with Crippen LogP contribution in [0.5, 0.6) is 5.75 Å². The van der Waals surface area contributed by atoms with E-state index in [2.05, 4.69) is 22.9 Å². The molecule has 0 saturated carbocycles. The fourth-order valence-electron chi connectivity index (χ4n) is 1.36. The summed E-state index contributed by atoms with van der Waals surface area (Å²) in [6.07, 6.45) is -0.492. The van der Waals surface area contributed by atoms with Crippen molar-refractivity contribution in [2.45, 2.75) is 38.2 Å². The lowest BCUT2D eigenvalue weighted by Gasteiger charge is -2.19. The Morgan fingerprint density at radius 1 is 1.45 bits per heavy atom. The summed E-state index contributed by atoms with van der Waals surface area (Å²) >= 11 is 4.25. The number of nitrogens with one attached hydrogen (secondary N) is 1. The molecule has 1 rings (SSSR count). The van der Waals surface area contributed by atoms with Gasteiger partial charge in [0.15, 0.2) is 0 Å². The molecule has 0 heterocycles. The summed E-state index contributed by atoms with van der Waals surface area (Å²) in [7, 11) is 0. The van der Waals surface area contributed by atoms with E-state index in [0.29, 0.717) is 16.3 Å². The summed E-state index contributed by atoms with van der Waals surface area (Å²) in [4.78, 5) is 16.4. The first kappa shape index (κ1) is 16.4. The van der Waals surface area contributed by atoms with Crippen LogP contribution >= 0.6 is 12.6 Å². The lowest BCUT2D eigenvalue weighted by Crippen LogP contribution is -2.34. The lowest BCUT2D eigenvalue weighted by atomic mass is 10.2. The van der Waals surface area contributed by atoms with Gasteiger partial charge in [-0.25, -0.2) is 4.79 Å². The van der Waals surface area contributed by atoms with Crippen molar-refractivity contribution in [1.82, 2.24) is 5.32 Å². The maximum atomic E-state index is 11.5. The molecule has 5 nitrogen and oxygen atoms in total. The van der Waals surface area contributed by atoms with Crippen LogP contribution in [0.1, 0.15) is 27.7 Å². The number of alkyl carbamates (subject to hydrolysis) is 1. The molecule has 20 heavy (non-hydrogen) atoms. The minimum atomic E-state index is -0.529. The van der Waals surface area contributed by atoms with Crippen LogP contribution in [0.25, 0.3) is 0 Å². The van der Waals surface area contributed by atoms with Crippen molar-refractivity contribution in [3.63, 3.8) is 0 Å². The van der Waals surface area contributed by atoms with E-state index < -0.39 is 11.7 Å². The second-order valence-electron chi connectivity index (χ2n) is 5.38. The highest BCUT2D eigenvalue weighted by atomic mass is 32.1. The molecule has 0 fully saturated rings. The largest absolute Gasteiger partial charge is 0.508 e. The molecule has 2 N–H and O–H groups in total. The molecule has 0 atom stereocenters. The van der Waals surface area contributed by atoms with Gasteiger partial charge in [-0.05, 0) is 39.8 Å². The first-order chi connectivity index (χ1) is 9.17. The second-order valence-corrected chi connectivity index (χ2v) is 5.86. The van der Waals surface area contributed by atoms with Crippen LogP contribution in [0.2, 0.25) is 0 Å². The van der Waals surface area contributed by atoms with Gasteiger partial charge in [0.05, 0.1) is 12.2 Å². The SMILES string of the molecule is C/C(CNC(=O)OC(C)(C)C)=N\c1cc(O)ccc1S. The van der Waals surface area contributed by atoms with E-state index in [1.807, 2.05) is 0 Å². The molecule has 1 amide bonds. The molecule has 0 aliphatic carbocycles. The van der Waals surface area contributed by atoms with Crippen LogP contribution < -0.4 is 5.32 Å². The number of aromatic hydroxyl groups is 1. The highest BCUT2D eigenvalue weighted by Crippen LogP contribution is 2.27. The lowest BCUT2D eigenvalue weighted by molar-refractivity contribution is 0.0536. The third-order valence-electron chi connectivity index (χ3n) is 2.16. The molecule has 0 saturated heterocycles. The third-order valence-corrected chi connectivity index (χ3v) is 2.54. The minimum absolute atomic E-state index is 0.120. The average molecular weight is 296 g/mol. The molecule has 0 aliphatic heterocycles. The molecule has 0 radical (unpaired) electrons. The average Bonchev–Trinajstić information content (AvgIpc) is 2.29. The summed E-state index contributed by atoms with van der Waals surface area (Å²) in [6, 6.07) is 4.71. The van der Waals surface area contributed by atoms with Gasteiger partial charge >= 0.3 is 6.09 Å². The van der Waals surface area contributed by atoms with Crippen LogP contribution in [0, 0.1) is 0 Å². The predicted molar refractivity (Wildman–Crippen MR) is 82.4 cm³/mol. The van der Waals surface area contributed by atoms with Crippen LogP contribution in [0.4, 0.5) is 10.5 Å². The van der Waals surface area contributed by atoms with Gasteiger partial charge < -0.3 is 15.2 Å². The van der Waals surface area contributed by atoms with Gasteiger partial charge in [-0.3, -0.25) is 4.99 Å². The first-order valence-corrected chi connectivity index (χ1v) is 6.65. The monoisotopic (exact) mass is 296 g/mol. The van der Waals surface area contributed by atoms with Gasteiger partial charge in [-0.15, -0.1) is 12.6 Å². The van der Waals surface area contributed by atoms with Crippen molar-refractivity contribution < 1.29 is 14.6 Å². The van der Waals surface area contributed by atoms with Gasteiger partial charge in [0.1, 0.15) is 11.4 Å². The number of carbonyl (C=O) groups excluding carboxylic acids is 1. The predicted octanol–water partition coefficient (Wildman–Crippen LogP) is 3.30. The van der Waals surface area contributed by atoms with Gasteiger partial charge in [0.2, 0.25) is 0 Å². The van der Waals surface area contributed by atoms with E-state index in [1.165, 1.54) is 12.1 Å². The standard InChI is InChI=1S/C14H20N2O3S/c1-9(8-15-13(18)19-14(2,3)4)16-11-7-10(17)5-6-12(11)20/h5-7,17,20H,8H2,1-4H3,(H,15,18)/b16-9+.